The van der Waals surface area contributed by atoms with Crippen molar-refractivity contribution >= 4 is 28.4 Å². The Morgan fingerprint density at radius 2 is 1.89 bits per heavy atom. The topological polar surface area (TPSA) is 119 Å². The number of fused-ring (bicyclic) bond motifs is 1. The van der Waals surface area contributed by atoms with Crippen LogP contribution in [0.4, 0.5) is 18.9 Å². The molecule has 186 valence electrons. The fourth-order valence-electron chi connectivity index (χ4n) is 3.58. The van der Waals surface area contributed by atoms with Gasteiger partial charge in [0.15, 0.2) is 5.78 Å². The van der Waals surface area contributed by atoms with Crippen LogP contribution in [0.3, 0.4) is 0 Å². The zero-order chi connectivity index (χ0) is 25.9. The molecule has 12 heteroatoms. The molecule has 0 spiro atoms. The lowest BCUT2D eigenvalue weighted by Crippen LogP contribution is -2.17. The summed E-state index contributed by atoms with van der Waals surface area (Å²) in [5, 5.41) is 12.7. The number of alkyl halides is 3. The van der Waals surface area contributed by atoms with Crippen LogP contribution in [-0.4, -0.2) is 49.3 Å². The quantitative estimate of drug-likeness (QED) is 0.355. The van der Waals surface area contributed by atoms with E-state index < -0.39 is 12.3 Å². The highest BCUT2D eigenvalue weighted by Crippen LogP contribution is 2.26. The maximum atomic E-state index is 13.3. The molecule has 1 aromatic carbocycles. The Kier molecular flexibility index (Phi) is 6.97. The fraction of sp³-hybridized carbons (Fsp3) is 0.208. The van der Waals surface area contributed by atoms with Gasteiger partial charge in [-0.1, -0.05) is 12.1 Å². The number of pyridine rings is 1. The van der Waals surface area contributed by atoms with Crippen LogP contribution in [-0.2, 0) is 11.2 Å². The standard InChI is InChI=1S/C24H20F3N5O4/c1-14(12-33)32-11-20(19-10-29-13-30-23(19)32)22(35)16-7-17(9-28-8-16)31-21(34)6-15-2-4-18(5-3-15)36-24(25,26)27/h2-5,7-11,13-14,33H,6,12H2,1H3,(H,31,34)/t14-/m0/s1. The van der Waals surface area contributed by atoms with Crippen LogP contribution in [0.5, 0.6) is 5.75 Å². The molecular weight excluding hydrogens is 479 g/mol. The first kappa shape index (κ1) is 24.8. The van der Waals surface area contributed by atoms with Gasteiger partial charge < -0.3 is 19.7 Å². The van der Waals surface area contributed by atoms with Crippen LogP contribution in [0.25, 0.3) is 11.0 Å². The predicted molar refractivity (Wildman–Crippen MR) is 122 cm³/mol. The summed E-state index contributed by atoms with van der Waals surface area (Å²) in [6.07, 6.45) is 2.28. The minimum absolute atomic E-state index is 0.117. The van der Waals surface area contributed by atoms with Crippen molar-refractivity contribution in [3.63, 3.8) is 0 Å². The molecule has 1 amide bonds. The van der Waals surface area contributed by atoms with Gasteiger partial charge >= 0.3 is 6.36 Å². The Morgan fingerprint density at radius 3 is 2.58 bits per heavy atom. The van der Waals surface area contributed by atoms with Crippen LogP contribution in [0.1, 0.15) is 34.5 Å². The van der Waals surface area contributed by atoms with Crippen molar-refractivity contribution in [2.75, 3.05) is 11.9 Å². The van der Waals surface area contributed by atoms with Crippen LogP contribution >= 0.6 is 0 Å². The highest BCUT2D eigenvalue weighted by atomic mass is 19.4. The van der Waals surface area contributed by atoms with Crippen molar-refractivity contribution in [3.05, 3.63) is 78.1 Å². The molecule has 0 saturated carbocycles. The number of carbonyl (C=O) groups excluding carboxylic acids is 2. The number of hydrogen-bond acceptors (Lipinski definition) is 7. The number of ether oxygens (including phenoxy) is 1. The Morgan fingerprint density at radius 1 is 1.14 bits per heavy atom. The summed E-state index contributed by atoms with van der Waals surface area (Å²) < 4.78 is 42.4. The lowest BCUT2D eigenvalue weighted by Gasteiger charge is -2.10. The van der Waals surface area contributed by atoms with Gasteiger partial charge in [0, 0.05) is 29.5 Å². The van der Waals surface area contributed by atoms with Gasteiger partial charge in [-0.25, -0.2) is 9.97 Å². The lowest BCUT2D eigenvalue weighted by atomic mass is 10.1. The van der Waals surface area contributed by atoms with Crippen molar-refractivity contribution in [3.8, 4) is 5.75 Å². The minimum Gasteiger partial charge on any atom is -0.406 e. The summed E-state index contributed by atoms with van der Waals surface area (Å²) in [4.78, 5) is 38.0. The van der Waals surface area contributed by atoms with E-state index in [0.717, 1.165) is 12.1 Å². The molecule has 0 bridgehead atoms. The van der Waals surface area contributed by atoms with Gasteiger partial charge in [0.25, 0.3) is 0 Å². The van der Waals surface area contributed by atoms with E-state index in [-0.39, 0.29) is 41.9 Å². The number of aliphatic hydroxyl groups is 1. The summed E-state index contributed by atoms with van der Waals surface area (Å²) in [7, 11) is 0. The van der Waals surface area contributed by atoms with Gasteiger partial charge in [-0.3, -0.25) is 14.6 Å². The zero-order valence-electron chi connectivity index (χ0n) is 18.9. The van der Waals surface area contributed by atoms with Crippen molar-refractivity contribution in [1.82, 2.24) is 19.5 Å². The van der Waals surface area contributed by atoms with E-state index in [1.54, 1.807) is 17.7 Å². The average molecular weight is 499 g/mol. The monoisotopic (exact) mass is 499 g/mol. The average Bonchev–Trinajstić information content (AvgIpc) is 3.23. The van der Waals surface area contributed by atoms with E-state index >= 15 is 0 Å². The van der Waals surface area contributed by atoms with E-state index in [9.17, 15) is 27.9 Å². The van der Waals surface area contributed by atoms with Crippen molar-refractivity contribution < 1.29 is 32.6 Å². The van der Waals surface area contributed by atoms with Gasteiger partial charge in [-0.15, -0.1) is 13.2 Å². The zero-order valence-corrected chi connectivity index (χ0v) is 18.9. The SMILES string of the molecule is C[C@@H](CO)n1cc(C(=O)c2cncc(NC(=O)Cc3ccc(OC(F)(F)F)cc3)c2)c2cncnc21. The lowest BCUT2D eigenvalue weighted by molar-refractivity contribution is -0.274. The van der Waals surface area contributed by atoms with Crippen LogP contribution in [0.15, 0.2) is 61.4 Å². The number of anilines is 1. The van der Waals surface area contributed by atoms with E-state index in [0.29, 0.717) is 22.2 Å². The first-order valence-electron chi connectivity index (χ1n) is 10.7. The van der Waals surface area contributed by atoms with Gasteiger partial charge in [0.1, 0.15) is 17.7 Å². The summed E-state index contributed by atoms with van der Waals surface area (Å²) in [5.41, 5.74) is 1.76. The molecule has 0 aliphatic heterocycles. The molecule has 4 rings (SSSR count). The Balaban J connectivity index is 1.49. The first-order chi connectivity index (χ1) is 17.1. The summed E-state index contributed by atoms with van der Waals surface area (Å²) in [6.45, 7) is 1.63. The van der Waals surface area contributed by atoms with Gasteiger partial charge in [0.05, 0.1) is 36.5 Å². The second-order valence-electron chi connectivity index (χ2n) is 7.95. The third-order valence-electron chi connectivity index (χ3n) is 5.28. The molecule has 3 aromatic heterocycles. The predicted octanol–water partition coefficient (Wildman–Crippen LogP) is 3.69. The smallest absolute Gasteiger partial charge is 0.406 e. The Bertz CT molecular complexity index is 1400. The van der Waals surface area contributed by atoms with Crippen molar-refractivity contribution in [1.29, 1.82) is 0 Å². The number of benzene rings is 1. The first-order valence-corrected chi connectivity index (χ1v) is 10.7. The molecule has 3 heterocycles. The number of amides is 1. The molecular formula is C24H20F3N5O4. The molecule has 9 nitrogen and oxygen atoms in total. The summed E-state index contributed by atoms with van der Waals surface area (Å²) >= 11 is 0. The third-order valence-corrected chi connectivity index (χ3v) is 5.28. The fourth-order valence-corrected chi connectivity index (χ4v) is 3.58. The summed E-state index contributed by atoms with van der Waals surface area (Å²) in [5.74, 6) is -1.21. The second-order valence-corrected chi connectivity index (χ2v) is 7.95. The molecule has 0 aliphatic carbocycles. The van der Waals surface area contributed by atoms with E-state index in [4.69, 9.17) is 0 Å². The van der Waals surface area contributed by atoms with Crippen molar-refractivity contribution in [2.45, 2.75) is 25.7 Å². The largest absolute Gasteiger partial charge is 0.573 e. The Hall–Kier alpha value is -4.32. The van der Waals surface area contributed by atoms with Crippen molar-refractivity contribution in [2.24, 2.45) is 0 Å². The van der Waals surface area contributed by atoms with E-state index in [1.165, 1.54) is 43.1 Å². The summed E-state index contributed by atoms with van der Waals surface area (Å²) in [6, 6.07) is 6.09. The number of carbonyl (C=O) groups is 2. The maximum absolute atomic E-state index is 13.3. The van der Waals surface area contributed by atoms with Crippen LogP contribution in [0.2, 0.25) is 0 Å². The highest BCUT2D eigenvalue weighted by molar-refractivity contribution is 6.16. The molecule has 2 N–H and O–H groups in total. The van der Waals surface area contributed by atoms with Gasteiger partial charge in [0.2, 0.25) is 5.91 Å². The maximum Gasteiger partial charge on any atom is 0.573 e. The molecule has 1 atom stereocenters. The number of nitrogens with one attached hydrogen (secondary N) is 1. The number of aliphatic hydroxyl groups excluding tert-OH is 1. The minimum atomic E-state index is -4.80. The number of ketones is 1. The van der Waals surface area contributed by atoms with Gasteiger partial charge in [-0.2, -0.15) is 0 Å². The third kappa shape index (κ3) is 5.66. The normalized spacial score (nSPS) is 12.4. The van der Waals surface area contributed by atoms with E-state index in [2.05, 4.69) is 25.0 Å². The van der Waals surface area contributed by atoms with E-state index in [1.807, 2.05) is 0 Å². The number of rotatable bonds is 8. The molecule has 4 aromatic rings. The van der Waals surface area contributed by atoms with Gasteiger partial charge in [-0.05, 0) is 30.7 Å². The van der Waals surface area contributed by atoms with Crippen LogP contribution < -0.4 is 10.1 Å². The molecule has 0 unspecified atom stereocenters. The second kappa shape index (κ2) is 10.1. The molecule has 0 aliphatic rings. The highest BCUT2D eigenvalue weighted by Gasteiger charge is 2.31. The number of hydrogen-bond donors (Lipinski definition) is 2. The number of halogens is 3. The molecule has 36 heavy (non-hydrogen) atoms. The molecule has 0 radical (unpaired) electrons. The number of aromatic nitrogens is 4. The Labute approximate surface area is 202 Å². The van der Waals surface area contributed by atoms with Crippen LogP contribution in [0, 0.1) is 0 Å². The molecule has 0 fully saturated rings. The number of nitrogens with zero attached hydrogens (tertiary/aromatic N) is 4. The molecule has 0 saturated heterocycles.